The molecule has 0 aliphatic rings. The molecular formula is C26H25N5OS2. The number of nitrogens with zero attached hydrogens (tertiary/aromatic N) is 5. The molecule has 4 aromatic rings. The summed E-state index contributed by atoms with van der Waals surface area (Å²) in [6.45, 7) is 4.42. The van der Waals surface area contributed by atoms with E-state index in [4.69, 9.17) is 5.26 Å². The number of para-hydroxylation sites is 1. The Morgan fingerprint density at radius 2 is 1.91 bits per heavy atom. The molecule has 0 N–H and O–H groups in total. The summed E-state index contributed by atoms with van der Waals surface area (Å²) >= 11 is 3.05. The first-order chi connectivity index (χ1) is 16.6. The lowest BCUT2D eigenvalue weighted by Crippen LogP contribution is -2.33. The van der Waals surface area contributed by atoms with Crippen LogP contribution in [0.4, 0.5) is 5.69 Å². The van der Waals surface area contributed by atoms with E-state index in [1.807, 2.05) is 73.0 Å². The maximum Gasteiger partial charge on any atom is 0.237 e. The SMILES string of the molecule is Cc1ccc(N(CCC#N)C(=O)CSc2nnc(Cc3cccs3)n2-c2ccccc2)cc1C. The average Bonchev–Trinajstić information content (AvgIpc) is 3.51. The fraction of sp³-hybridized carbons (Fsp3) is 0.231. The molecule has 4 rings (SSSR count). The van der Waals surface area contributed by atoms with Crippen LogP contribution in [-0.2, 0) is 11.2 Å². The Labute approximate surface area is 207 Å². The average molecular weight is 488 g/mol. The van der Waals surface area contributed by atoms with E-state index >= 15 is 0 Å². The lowest BCUT2D eigenvalue weighted by molar-refractivity contribution is -0.116. The van der Waals surface area contributed by atoms with E-state index in [0.717, 1.165) is 22.8 Å². The van der Waals surface area contributed by atoms with Gasteiger partial charge in [0.1, 0.15) is 5.82 Å². The highest BCUT2D eigenvalue weighted by Gasteiger charge is 2.20. The maximum atomic E-state index is 13.3. The molecule has 2 aromatic heterocycles. The van der Waals surface area contributed by atoms with Gasteiger partial charge in [0.15, 0.2) is 5.16 Å². The summed E-state index contributed by atoms with van der Waals surface area (Å²) in [6, 6.07) is 22.2. The molecule has 0 atom stereocenters. The fourth-order valence-electron chi connectivity index (χ4n) is 3.57. The number of anilines is 1. The van der Waals surface area contributed by atoms with Crippen LogP contribution in [0.25, 0.3) is 5.69 Å². The van der Waals surface area contributed by atoms with Gasteiger partial charge in [0.05, 0.1) is 18.2 Å². The normalized spacial score (nSPS) is 10.7. The first-order valence-corrected chi connectivity index (χ1v) is 12.8. The van der Waals surface area contributed by atoms with Gasteiger partial charge in [-0.25, -0.2) is 0 Å². The van der Waals surface area contributed by atoms with Crippen LogP contribution in [0.15, 0.2) is 71.2 Å². The molecule has 0 unspecified atom stereocenters. The van der Waals surface area contributed by atoms with Crippen LogP contribution in [0.3, 0.4) is 0 Å². The molecule has 2 aromatic carbocycles. The summed E-state index contributed by atoms with van der Waals surface area (Å²) in [7, 11) is 0. The van der Waals surface area contributed by atoms with Crippen molar-refractivity contribution in [3.05, 3.63) is 87.9 Å². The van der Waals surface area contributed by atoms with Crippen molar-refractivity contribution in [3.8, 4) is 11.8 Å². The van der Waals surface area contributed by atoms with Crippen LogP contribution >= 0.6 is 23.1 Å². The molecule has 0 aliphatic heterocycles. The van der Waals surface area contributed by atoms with Crippen molar-refractivity contribution in [3.63, 3.8) is 0 Å². The van der Waals surface area contributed by atoms with E-state index in [0.29, 0.717) is 18.1 Å². The molecule has 1 amide bonds. The Kier molecular flexibility index (Phi) is 7.78. The van der Waals surface area contributed by atoms with Crippen molar-refractivity contribution in [2.45, 2.75) is 31.8 Å². The Morgan fingerprint density at radius 1 is 1.09 bits per heavy atom. The van der Waals surface area contributed by atoms with Crippen LogP contribution < -0.4 is 4.90 Å². The minimum Gasteiger partial charge on any atom is -0.311 e. The highest BCUT2D eigenvalue weighted by Crippen LogP contribution is 2.26. The number of carbonyl (C=O) groups excluding carboxylic acids is 1. The van der Waals surface area contributed by atoms with Crippen molar-refractivity contribution < 1.29 is 4.79 Å². The second-order valence-electron chi connectivity index (χ2n) is 7.84. The van der Waals surface area contributed by atoms with Crippen molar-refractivity contribution in [2.24, 2.45) is 0 Å². The molecule has 0 bridgehead atoms. The topological polar surface area (TPSA) is 74.8 Å². The van der Waals surface area contributed by atoms with Crippen LogP contribution in [0.1, 0.15) is 28.2 Å². The summed E-state index contributed by atoms with van der Waals surface area (Å²) in [6.07, 6.45) is 0.944. The molecule has 172 valence electrons. The first-order valence-electron chi connectivity index (χ1n) is 11.0. The summed E-state index contributed by atoms with van der Waals surface area (Å²) in [5.74, 6) is 0.965. The van der Waals surface area contributed by atoms with Crippen LogP contribution in [0.5, 0.6) is 0 Å². The van der Waals surface area contributed by atoms with E-state index in [1.54, 1.807) is 16.2 Å². The van der Waals surface area contributed by atoms with Gasteiger partial charge in [0, 0.05) is 29.2 Å². The predicted octanol–water partition coefficient (Wildman–Crippen LogP) is 5.58. The number of amides is 1. The Morgan fingerprint density at radius 3 is 2.62 bits per heavy atom. The molecule has 0 saturated heterocycles. The highest BCUT2D eigenvalue weighted by atomic mass is 32.2. The third-order valence-corrected chi connectivity index (χ3v) is 7.29. The lowest BCUT2D eigenvalue weighted by atomic mass is 10.1. The van der Waals surface area contributed by atoms with Gasteiger partial charge in [-0.2, -0.15) is 5.26 Å². The molecule has 6 nitrogen and oxygen atoms in total. The third kappa shape index (κ3) is 5.56. The van der Waals surface area contributed by atoms with E-state index in [1.165, 1.54) is 22.2 Å². The van der Waals surface area contributed by atoms with Gasteiger partial charge in [-0.3, -0.25) is 9.36 Å². The largest absolute Gasteiger partial charge is 0.311 e. The van der Waals surface area contributed by atoms with E-state index < -0.39 is 0 Å². The molecule has 34 heavy (non-hydrogen) atoms. The standard InChI is InChI=1S/C26H25N5OS2/c1-19-11-12-22(16-20(19)2)30(14-7-13-27)25(32)18-34-26-29-28-24(17-23-10-6-15-33-23)31(26)21-8-4-3-5-9-21/h3-6,8-12,15-16H,7,14,17-18H2,1-2H3. The van der Waals surface area contributed by atoms with E-state index in [2.05, 4.69) is 27.7 Å². The zero-order chi connectivity index (χ0) is 23.9. The highest BCUT2D eigenvalue weighted by molar-refractivity contribution is 7.99. The number of carbonyl (C=O) groups is 1. The number of hydrogen-bond acceptors (Lipinski definition) is 6. The monoisotopic (exact) mass is 487 g/mol. The van der Waals surface area contributed by atoms with Gasteiger partial charge in [0.2, 0.25) is 5.91 Å². The molecule has 0 saturated carbocycles. The predicted molar refractivity (Wildman–Crippen MR) is 138 cm³/mol. The molecule has 0 spiro atoms. The molecule has 2 heterocycles. The number of thiophene rings is 1. The second-order valence-corrected chi connectivity index (χ2v) is 9.81. The quantitative estimate of drug-likeness (QED) is 0.288. The van der Waals surface area contributed by atoms with Gasteiger partial charge < -0.3 is 4.90 Å². The molecule has 0 fully saturated rings. The number of benzene rings is 2. The molecular weight excluding hydrogens is 462 g/mol. The Balaban J connectivity index is 1.57. The minimum atomic E-state index is -0.0640. The van der Waals surface area contributed by atoms with E-state index in [-0.39, 0.29) is 18.1 Å². The summed E-state index contributed by atoms with van der Waals surface area (Å²) in [5, 5.41) is 20.7. The number of aromatic nitrogens is 3. The van der Waals surface area contributed by atoms with Gasteiger partial charge in [0.25, 0.3) is 0 Å². The zero-order valence-electron chi connectivity index (χ0n) is 19.1. The van der Waals surface area contributed by atoms with Crippen LogP contribution in [0.2, 0.25) is 0 Å². The Bertz CT molecular complexity index is 1290. The van der Waals surface area contributed by atoms with Crippen LogP contribution in [0, 0.1) is 25.2 Å². The van der Waals surface area contributed by atoms with Crippen molar-refractivity contribution >= 4 is 34.7 Å². The van der Waals surface area contributed by atoms with E-state index in [9.17, 15) is 4.79 Å². The number of aryl methyl sites for hydroxylation is 2. The smallest absolute Gasteiger partial charge is 0.237 e. The lowest BCUT2D eigenvalue weighted by Gasteiger charge is -2.22. The maximum absolute atomic E-state index is 13.3. The Hall–Kier alpha value is -3.41. The number of thioether (sulfide) groups is 1. The van der Waals surface area contributed by atoms with Crippen molar-refractivity contribution in [1.29, 1.82) is 5.26 Å². The third-order valence-electron chi connectivity index (χ3n) is 5.50. The van der Waals surface area contributed by atoms with Crippen LogP contribution in [-0.4, -0.2) is 33.0 Å². The molecule has 0 radical (unpaired) electrons. The summed E-state index contributed by atoms with van der Waals surface area (Å²) in [5.41, 5.74) is 4.05. The first kappa shape index (κ1) is 23.7. The van der Waals surface area contributed by atoms with Gasteiger partial charge in [-0.1, -0.05) is 42.1 Å². The van der Waals surface area contributed by atoms with Gasteiger partial charge in [-0.05, 0) is 60.7 Å². The van der Waals surface area contributed by atoms with Gasteiger partial charge >= 0.3 is 0 Å². The summed E-state index contributed by atoms with van der Waals surface area (Å²) < 4.78 is 2.02. The number of rotatable bonds is 9. The fourth-order valence-corrected chi connectivity index (χ4v) is 5.12. The summed E-state index contributed by atoms with van der Waals surface area (Å²) in [4.78, 5) is 16.2. The van der Waals surface area contributed by atoms with Crippen molar-refractivity contribution in [2.75, 3.05) is 17.2 Å². The van der Waals surface area contributed by atoms with Crippen molar-refractivity contribution in [1.82, 2.24) is 14.8 Å². The number of nitriles is 1. The molecule has 0 aliphatic carbocycles. The van der Waals surface area contributed by atoms with Gasteiger partial charge in [-0.15, -0.1) is 21.5 Å². The minimum absolute atomic E-state index is 0.0640. The zero-order valence-corrected chi connectivity index (χ0v) is 20.8. The second kappa shape index (κ2) is 11.1. The number of hydrogen-bond donors (Lipinski definition) is 0. The molecule has 8 heteroatoms.